The smallest absolute Gasteiger partial charge is 0.255 e. The van der Waals surface area contributed by atoms with E-state index in [4.69, 9.17) is 22.1 Å². The monoisotopic (exact) mass is 420 g/mol. The number of carbonyl (C=O) groups is 2. The lowest BCUT2D eigenvalue weighted by Gasteiger charge is -2.19. The largest absolute Gasteiger partial charge is 0.484 e. The molecule has 0 bridgehead atoms. The molecule has 2 amide bonds. The molecule has 3 aromatic rings. The van der Waals surface area contributed by atoms with Crippen LogP contribution in [0.25, 0.3) is 6.08 Å². The molecule has 6 heteroatoms. The molecule has 152 valence electrons. The van der Waals surface area contributed by atoms with Crippen LogP contribution in [0.1, 0.15) is 22.7 Å². The molecular weight excluding hydrogens is 400 g/mol. The summed E-state index contributed by atoms with van der Waals surface area (Å²) in [7, 11) is 0. The molecule has 0 aliphatic carbocycles. The van der Waals surface area contributed by atoms with Gasteiger partial charge < -0.3 is 15.8 Å². The zero-order chi connectivity index (χ0) is 21.3. The minimum Gasteiger partial charge on any atom is -0.484 e. The number of hydrogen-bond acceptors (Lipinski definition) is 3. The van der Waals surface area contributed by atoms with Crippen LogP contribution in [0.2, 0.25) is 5.02 Å². The fourth-order valence-corrected chi connectivity index (χ4v) is 2.98. The first-order valence-corrected chi connectivity index (χ1v) is 9.69. The van der Waals surface area contributed by atoms with Crippen LogP contribution in [0.5, 0.6) is 5.75 Å². The number of nitrogens with one attached hydrogen (secondary N) is 1. The van der Waals surface area contributed by atoms with Crippen molar-refractivity contribution in [2.75, 3.05) is 6.61 Å². The first-order valence-electron chi connectivity index (χ1n) is 9.31. The van der Waals surface area contributed by atoms with Gasteiger partial charge in [-0.1, -0.05) is 66.2 Å². The van der Waals surface area contributed by atoms with E-state index in [0.29, 0.717) is 10.8 Å². The quantitative estimate of drug-likeness (QED) is 0.538. The van der Waals surface area contributed by atoms with Gasteiger partial charge >= 0.3 is 0 Å². The zero-order valence-corrected chi connectivity index (χ0v) is 16.9. The van der Waals surface area contributed by atoms with Crippen molar-refractivity contribution in [1.82, 2.24) is 5.32 Å². The van der Waals surface area contributed by atoms with Crippen molar-refractivity contribution in [3.8, 4) is 5.75 Å². The van der Waals surface area contributed by atoms with E-state index >= 15 is 0 Å². The molecule has 3 N–H and O–H groups in total. The van der Waals surface area contributed by atoms with Crippen LogP contribution in [0.3, 0.4) is 0 Å². The molecule has 0 spiro atoms. The molecule has 0 aromatic heterocycles. The Hall–Kier alpha value is -3.57. The second kappa shape index (κ2) is 10.3. The second-order valence-electron chi connectivity index (χ2n) is 6.56. The summed E-state index contributed by atoms with van der Waals surface area (Å²) in [5, 5.41) is 3.68. The molecule has 0 aliphatic heterocycles. The number of halogens is 1. The van der Waals surface area contributed by atoms with Crippen LogP contribution < -0.4 is 15.8 Å². The van der Waals surface area contributed by atoms with E-state index in [9.17, 15) is 9.59 Å². The second-order valence-corrected chi connectivity index (χ2v) is 7.00. The Labute approximate surface area is 180 Å². The molecular formula is C24H21ClN2O3. The molecule has 0 saturated carbocycles. The third-order valence-electron chi connectivity index (χ3n) is 4.31. The predicted octanol–water partition coefficient (Wildman–Crippen LogP) is 4.12. The summed E-state index contributed by atoms with van der Waals surface area (Å²) in [5.41, 5.74) is 7.78. The first-order chi connectivity index (χ1) is 14.5. The van der Waals surface area contributed by atoms with Crippen LogP contribution >= 0.6 is 11.6 Å². The van der Waals surface area contributed by atoms with Gasteiger partial charge in [-0.05, 0) is 47.0 Å². The van der Waals surface area contributed by atoms with E-state index < -0.39 is 5.91 Å². The Morgan fingerprint density at radius 2 is 1.57 bits per heavy atom. The molecule has 3 aromatic carbocycles. The van der Waals surface area contributed by atoms with Crippen LogP contribution in [-0.4, -0.2) is 18.4 Å². The molecule has 5 nitrogen and oxygen atoms in total. The zero-order valence-electron chi connectivity index (χ0n) is 16.1. The van der Waals surface area contributed by atoms with Crippen molar-refractivity contribution in [3.63, 3.8) is 0 Å². The number of ether oxygens (including phenoxy) is 1. The Balaban J connectivity index is 1.70. The minimum atomic E-state index is -0.538. The standard InChI is InChI=1S/C24H21ClN2O3/c25-20-11-9-19(10-12-20)24(18-4-2-1-3-5-18)27-23(29)15-8-17-6-13-21(14-7-17)30-16-22(26)28/h1-15,24H,16H2,(H2,26,28)(H,27,29). The Kier molecular flexibility index (Phi) is 7.24. The van der Waals surface area contributed by atoms with Gasteiger partial charge in [0.25, 0.3) is 5.91 Å². The van der Waals surface area contributed by atoms with Gasteiger partial charge in [0.2, 0.25) is 5.91 Å². The molecule has 0 saturated heterocycles. The summed E-state index contributed by atoms with van der Waals surface area (Å²) in [6.07, 6.45) is 3.18. The summed E-state index contributed by atoms with van der Waals surface area (Å²) in [4.78, 5) is 23.3. The van der Waals surface area contributed by atoms with E-state index in [-0.39, 0.29) is 18.6 Å². The van der Waals surface area contributed by atoms with Gasteiger partial charge in [-0.15, -0.1) is 0 Å². The van der Waals surface area contributed by atoms with Gasteiger partial charge in [0.1, 0.15) is 5.75 Å². The van der Waals surface area contributed by atoms with Crippen molar-refractivity contribution in [2.24, 2.45) is 5.73 Å². The molecule has 0 radical (unpaired) electrons. The molecule has 0 aliphatic rings. The van der Waals surface area contributed by atoms with E-state index in [1.807, 2.05) is 42.5 Å². The van der Waals surface area contributed by atoms with Gasteiger partial charge in [-0.3, -0.25) is 9.59 Å². The number of amides is 2. The highest BCUT2D eigenvalue weighted by atomic mass is 35.5. The van der Waals surface area contributed by atoms with Crippen LogP contribution in [-0.2, 0) is 9.59 Å². The Morgan fingerprint density at radius 3 is 2.20 bits per heavy atom. The van der Waals surface area contributed by atoms with Gasteiger partial charge in [-0.2, -0.15) is 0 Å². The van der Waals surface area contributed by atoms with Crippen LogP contribution in [0, 0.1) is 0 Å². The third kappa shape index (κ3) is 6.22. The average molecular weight is 421 g/mol. The predicted molar refractivity (Wildman–Crippen MR) is 118 cm³/mol. The fraction of sp³-hybridized carbons (Fsp3) is 0.0833. The number of benzene rings is 3. The highest BCUT2D eigenvalue weighted by molar-refractivity contribution is 6.30. The van der Waals surface area contributed by atoms with Crippen LogP contribution in [0.4, 0.5) is 0 Å². The normalized spacial score (nSPS) is 11.8. The molecule has 0 heterocycles. The van der Waals surface area contributed by atoms with Crippen molar-refractivity contribution in [3.05, 3.63) is 107 Å². The van der Waals surface area contributed by atoms with Gasteiger partial charge in [0, 0.05) is 11.1 Å². The highest BCUT2D eigenvalue weighted by Gasteiger charge is 2.15. The lowest BCUT2D eigenvalue weighted by Crippen LogP contribution is -2.27. The summed E-state index contributed by atoms with van der Waals surface area (Å²) >= 11 is 6.00. The lowest BCUT2D eigenvalue weighted by molar-refractivity contribution is -0.120. The van der Waals surface area contributed by atoms with E-state index in [2.05, 4.69) is 5.32 Å². The average Bonchev–Trinajstić information content (AvgIpc) is 2.76. The summed E-state index contributed by atoms with van der Waals surface area (Å²) in [5.74, 6) is -0.237. The topological polar surface area (TPSA) is 81.4 Å². The highest BCUT2D eigenvalue weighted by Crippen LogP contribution is 2.23. The van der Waals surface area contributed by atoms with E-state index in [0.717, 1.165) is 16.7 Å². The maximum atomic E-state index is 12.6. The Morgan fingerprint density at radius 1 is 0.933 bits per heavy atom. The number of nitrogens with two attached hydrogens (primary N) is 1. The van der Waals surface area contributed by atoms with E-state index in [1.165, 1.54) is 6.08 Å². The molecule has 3 rings (SSSR count). The van der Waals surface area contributed by atoms with Crippen molar-refractivity contribution in [1.29, 1.82) is 0 Å². The number of rotatable bonds is 8. The first kappa shape index (κ1) is 21.1. The molecule has 1 unspecified atom stereocenters. The Bertz CT molecular complexity index is 1020. The number of primary amides is 1. The van der Waals surface area contributed by atoms with Gasteiger partial charge in [0.15, 0.2) is 6.61 Å². The van der Waals surface area contributed by atoms with Gasteiger partial charge in [0.05, 0.1) is 6.04 Å². The summed E-state index contributed by atoms with van der Waals surface area (Å²) < 4.78 is 5.22. The van der Waals surface area contributed by atoms with Crippen molar-refractivity contribution >= 4 is 29.5 Å². The summed E-state index contributed by atoms with van der Waals surface area (Å²) in [6, 6.07) is 23.8. The molecule has 0 fully saturated rings. The van der Waals surface area contributed by atoms with E-state index in [1.54, 1.807) is 42.5 Å². The third-order valence-corrected chi connectivity index (χ3v) is 4.56. The maximum absolute atomic E-state index is 12.6. The summed E-state index contributed by atoms with van der Waals surface area (Å²) in [6.45, 7) is -0.177. The minimum absolute atomic E-state index is 0.177. The van der Waals surface area contributed by atoms with Crippen molar-refractivity contribution < 1.29 is 14.3 Å². The maximum Gasteiger partial charge on any atom is 0.255 e. The van der Waals surface area contributed by atoms with Gasteiger partial charge in [-0.25, -0.2) is 0 Å². The fourth-order valence-electron chi connectivity index (χ4n) is 2.85. The number of hydrogen-bond donors (Lipinski definition) is 2. The lowest BCUT2D eigenvalue weighted by atomic mass is 9.98. The number of carbonyl (C=O) groups excluding carboxylic acids is 2. The van der Waals surface area contributed by atoms with Crippen molar-refractivity contribution in [2.45, 2.75) is 6.04 Å². The van der Waals surface area contributed by atoms with Crippen LogP contribution in [0.15, 0.2) is 84.9 Å². The SMILES string of the molecule is NC(=O)COc1ccc(C=CC(=O)NC(c2ccccc2)c2ccc(Cl)cc2)cc1. The molecule has 1 atom stereocenters. The molecule has 30 heavy (non-hydrogen) atoms.